The van der Waals surface area contributed by atoms with Crippen molar-refractivity contribution in [2.24, 2.45) is 0 Å². The van der Waals surface area contributed by atoms with E-state index in [2.05, 4.69) is 9.97 Å². The Labute approximate surface area is 110 Å². The van der Waals surface area contributed by atoms with E-state index in [1.54, 1.807) is 0 Å². The Morgan fingerprint density at radius 3 is 2.47 bits per heavy atom. The van der Waals surface area contributed by atoms with Gasteiger partial charge in [-0.3, -0.25) is 9.59 Å². The van der Waals surface area contributed by atoms with Crippen molar-refractivity contribution in [3.05, 3.63) is 28.4 Å². The van der Waals surface area contributed by atoms with E-state index in [0.29, 0.717) is 13.1 Å². The molecule has 1 aliphatic heterocycles. The lowest BCUT2D eigenvalue weighted by Crippen LogP contribution is -2.50. The second-order valence-electron chi connectivity index (χ2n) is 4.25. The zero-order valence-corrected chi connectivity index (χ0v) is 11.2. The fraction of sp³-hybridized carbons (Fsp3) is 0.500. The monoisotopic (exact) mass is 286 g/mol. The number of aromatic amines is 1. The van der Waals surface area contributed by atoms with Crippen molar-refractivity contribution in [2.45, 2.75) is 0 Å². The van der Waals surface area contributed by atoms with Gasteiger partial charge in [0.15, 0.2) is 0 Å². The molecule has 2 heterocycles. The molecule has 8 nitrogen and oxygen atoms in total. The molecule has 0 bridgehead atoms. The first-order valence-corrected chi connectivity index (χ1v) is 7.52. The van der Waals surface area contributed by atoms with E-state index in [1.807, 2.05) is 0 Å². The van der Waals surface area contributed by atoms with Crippen molar-refractivity contribution in [3.63, 3.8) is 0 Å². The van der Waals surface area contributed by atoms with Gasteiger partial charge in [-0.05, 0) is 0 Å². The number of amides is 1. The molecule has 1 amide bonds. The van der Waals surface area contributed by atoms with Crippen molar-refractivity contribution >= 4 is 15.9 Å². The molecule has 0 aliphatic carbocycles. The average molecular weight is 286 g/mol. The van der Waals surface area contributed by atoms with E-state index >= 15 is 0 Å². The molecule has 0 saturated carbocycles. The van der Waals surface area contributed by atoms with Crippen LogP contribution in [0.4, 0.5) is 0 Å². The molecule has 0 aromatic carbocycles. The number of carbonyl (C=O) groups excluding carboxylic acids is 1. The quantitative estimate of drug-likeness (QED) is 0.711. The van der Waals surface area contributed by atoms with E-state index in [-0.39, 0.29) is 24.7 Å². The lowest BCUT2D eigenvalue weighted by Gasteiger charge is -2.32. The molecule has 1 aliphatic rings. The molecule has 0 spiro atoms. The van der Waals surface area contributed by atoms with Crippen molar-refractivity contribution in [2.75, 3.05) is 32.4 Å². The van der Waals surface area contributed by atoms with Gasteiger partial charge in [0, 0.05) is 32.2 Å². The van der Waals surface area contributed by atoms with Gasteiger partial charge in [-0.1, -0.05) is 0 Å². The number of hydrogen-bond acceptors (Lipinski definition) is 5. The molecule has 1 fully saturated rings. The summed E-state index contributed by atoms with van der Waals surface area (Å²) in [6.45, 7) is 1.10. The number of hydrogen-bond donors (Lipinski definition) is 1. The van der Waals surface area contributed by atoms with Crippen LogP contribution in [0.25, 0.3) is 0 Å². The minimum atomic E-state index is -3.22. The van der Waals surface area contributed by atoms with Crippen LogP contribution in [0.15, 0.2) is 17.2 Å². The van der Waals surface area contributed by atoms with Gasteiger partial charge in [0.2, 0.25) is 10.0 Å². The topological polar surface area (TPSA) is 103 Å². The van der Waals surface area contributed by atoms with Crippen LogP contribution in [0, 0.1) is 0 Å². The van der Waals surface area contributed by atoms with Crippen LogP contribution in [0.3, 0.4) is 0 Å². The standard InChI is InChI=1S/C10H14N4O4S/c1-19(17,18)14-4-2-13(3-5-14)10(16)8-6-9(15)12-7-11-8/h6-7H,2-5H2,1H3,(H,11,12,15). The second kappa shape index (κ2) is 5.10. The number of carbonyl (C=O) groups is 1. The molecule has 0 atom stereocenters. The van der Waals surface area contributed by atoms with Gasteiger partial charge in [0.1, 0.15) is 5.69 Å². The third kappa shape index (κ3) is 3.18. The summed E-state index contributed by atoms with van der Waals surface area (Å²) in [5.74, 6) is -0.362. The van der Waals surface area contributed by atoms with Crippen LogP contribution < -0.4 is 5.56 Å². The second-order valence-corrected chi connectivity index (χ2v) is 6.23. The fourth-order valence-electron chi connectivity index (χ4n) is 1.87. The Bertz CT molecular complexity index is 631. The van der Waals surface area contributed by atoms with Crippen LogP contribution in [0.2, 0.25) is 0 Å². The smallest absolute Gasteiger partial charge is 0.272 e. The molecular formula is C10H14N4O4S. The molecule has 0 radical (unpaired) electrons. The molecule has 0 unspecified atom stereocenters. The summed E-state index contributed by atoms with van der Waals surface area (Å²) in [7, 11) is -3.22. The maximum Gasteiger partial charge on any atom is 0.272 e. The molecular weight excluding hydrogens is 272 g/mol. The highest BCUT2D eigenvalue weighted by Crippen LogP contribution is 2.08. The summed E-state index contributed by atoms with van der Waals surface area (Å²) < 4.78 is 24.0. The van der Waals surface area contributed by atoms with E-state index in [4.69, 9.17) is 0 Å². The first-order valence-electron chi connectivity index (χ1n) is 5.67. The van der Waals surface area contributed by atoms with Gasteiger partial charge in [-0.2, -0.15) is 4.31 Å². The number of piperazine rings is 1. The lowest BCUT2D eigenvalue weighted by atomic mass is 10.3. The predicted octanol–water partition coefficient (Wildman–Crippen LogP) is -1.51. The Morgan fingerprint density at radius 1 is 1.32 bits per heavy atom. The molecule has 1 aromatic rings. The van der Waals surface area contributed by atoms with E-state index in [0.717, 1.165) is 12.3 Å². The Hall–Kier alpha value is -1.74. The number of sulfonamides is 1. The van der Waals surface area contributed by atoms with Crippen LogP contribution in [-0.4, -0.2) is 65.9 Å². The molecule has 1 aromatic heterocycles. The highest BCUT2D eigenvalue weighted by Gasteiger charge is 2.27. The van der Waals surface area contributed by atoms with Crippen LogP contribution in [0.5, 0.6) is 0 Å². The van der Waals surface area contributed by atoms with Gasteiger partial charge in [-0.15, -0.1) is 0 Å². The molecule has 1 saturated heterocycles. The number of H-pyrrole nitrogens is 1. The summed E-state index contributed by atoms with van der Waals surface area (Å²) in [6, 6.07) is 1.13. The molecule has 104 valence electrons. The summed E-state index contributed by atoms with van der Waals surface area (Å²) in [6.07, 6.45) is 2.31. The van der Waals surface area contributed by atoms with E-state index in [1.165, 1.54) is 15.5 Å². The van der Waals surface area contributed by atoms with Crippen LogP contribution >= 0.6 is 0 Å². The van der Waals surface area contributed by atoms with E-state index in [9.17, 15) is 18.0 Å². The van der Waals surface area contributed by atoms with Crippen molar-refractivity contribution < 1.29 is 13.2 Å². The average Bonchev–Trinajstić information content (AvgIpc) is 2.37. The third-order valence-electron chi connectivity index (χ3n) is 2.89. The highest BCUT2D eigenvalue weighted by molar-refractivity contribution is 7.88. The van der Waals surface area contributed by atoms with Crippen molar-refractivity contribution in [1.82, 2.24) is 19.2 Å². The molecule has 19 heavy (non-hydrogen) atoms. The van der Waals surface area contributed by atoms with Crippen molar-refractivity contribution in [3.8, 4) is 0 Å². The minimum absolute atomic E-state index is 0.0663. The SMILES string of the molecule is CS(=O)(=O)N1CCN(C(=O)c2cc(=O)[nH]cn2)CC1. The lowest BCUT2D eigenvalue weighted by molar-refractivity contribution is 0.0692. The largest absolute Gasteiger partial charge is 0.335 e. The summed E-state index contributed by atoms with van der Waals surface area (Å²) in [5.41, 5.74) is -0.329. The first-order chi connectivity index (χ1) is 8.88. The van der Waals surface area contributed by atoms with Crippen LogP contribution in [0.1, 0.15) is 10.5 Å². The Balaban J connectivity index is 2.06. The summed E-state index contributed by atoms with van der Waals surface area (Å²) in [5, 5.41) is 0. The van der Waals surface area contributed by atoms with E-state index < -0.39 is 15.6 Å². The number of rotatable bonds is 2. The third-order valence-corrected chi connectivity index (χ3v) is 4.20. The minimum Gasteiger partial charge on any atom is -0.335 e. The zero-order valence-electron chi connectivity index (χ0n) is 10.4. The number of nitrogens with one attached hydrogen (secondary N) is 1. The van der Waals surface area contributed by atoms with Gasteiger partial charge in [0.25, 0.3) is 11.5 Å². The fourth-order valence-corrected chi connectivity index (χ4v) is 2.70. The first kappa shape index (κ1) is 13.7. The van der Waals surface area contributed by atoms with Crippen molar-refractivity contribution in [1.29, 1.82) is 0 Å². The zero-order chi connectivity index (χ0) is 14.0. The number of nitrogens with zero attached hydrogens (tertiary/aromatic N) is 3. The van der Waals surface area contributed by atoms with Crippen LogP contribution in [-0.2, 0) is 10.0 Å². The maximum absolute atomic E-state index is 12.1. The molecule has 2 rings (SSSR count). The molecule has 1 N–H and O–H groups in total. The highest BCUT2D eigenvalue weighted by atomic mass is 32.2. The normalized spacial score (nSPS) is 17.4. The number of aromatic nitrogens is 2. The molecule has 9 heteroatoms. The van der Waals surface area contributed by atoms with Gasteiger partial charge in [0.05, 0.1) is 12.6 Å². The summed E-state index contributed by atoms with van der Waals surface area (Å²) in [4.78, 5) is 30.8. The Morgan fingerprint density at radius 2 is 1.95 bits per heavy atom. The summed E-state index contributed by atoms with van der Waals surface area (Å²) >= 11 is 0. The predicted molar refractivity (Wildman–Crippen MR) is 67.2 cm³/mol. The Kier molecular flexibility index (Phi) is 3.67. The van der Waals surface area contributed by atoms with Gasteiger partial charge < -0.3 is 9.88 Å². The maximum atomic E-state index is 12.1. The van der Waals surface area contributed by atoms with Gasteiger partial charge >= 0.3 is 0 Å². The van der Waals surface area contributed by atoms with Gasteiger partial charge in [-0.25, -0.2) is 13.4 Å².